The minimum Gasteiger partial charge on any atom is -0.493 e. The molecule has 0 aliphatic carbocycles. The van der Waals surface area contributed by atoms with Gasteiger partial charge in [0.2, 0.25) is 12.7 Å². The lowest BCUT2D eigenvalue weighted by molar-refractivity contribution is -0.132. The summed E-state index contributed by atoms with van der Waals surface area (Å²) in [4.78, 5) is 13.8. The average Bonchev–Trinajstić information content (AvgIpc) is 2.95. The minimum absolute atomic E-state index is 0.146. The number of nitrogens with zero attached hydrogens (tertiary/aromatic N) is 1. The molecule has 108 valence electrons. The van der Waals surface area contributed by atoms with Crippen molar-refractivity contribution >= 4 is 5.91 Å². The van der Waals surface area contributed by atoms with Crippen LogP contribution in [-0.4, -0.2) is 50.4 Å². The third-order valence-corrected chi connectivity index (χ3v) is 3.40. The van der Waals surface area contributed by atoms with Crippen LogP contribution in [0.4, 0.5) is 0 Å². The number of hydrogen-bond donors (Lipinski definition) is 1. The van der Waals surface area contributed by atoms with Gasteiger partial charge in [-0.25, -0.2) is 0 Å². The highest BCUT2D eigenvalue weighted by molar-refractivity contribution is 5.76. The Morgan fingerprint density at radius 3 is 2.90 bits per heavy atom. The van der Waals surface area contributed by atoms with Gasteiger partial charge in [0, 0.05) is 32.2 Å². The van der Waals surface area contributed by atoms with E-state index in [0.717, 1.165) is 31.9 Å². The van der Waals surface area contributed by atoms with Crippen LogP contribution in [0.3, 0.4) is 0 Å². The van der Waals surface area contributed by atoms with Crippen molar-refractivity contribution in [3.8, 4) is 17.2 Å². The Labute approximate surface area is 117 Å². The molecular formula is C14H18N2O4. The van der Waals surface area contributed by atoms with Gasteiger partial charge in [-0.1, -0.05) is 0 Å². The second kappa shape index (κ2) is 6.00. The van der Waals surface area contributed by atoms with Crippen LogP contribution in [0.15, 0.2) is 18.2 Å². The summed E-state index contributed by atoms with van der Waals surface area (Å²) < 4.78 is 16.1. The molecular weight excluding hydrogens is 260 g/mol. The van der Waals surface area contributed by atoms with Crippen molar-refractivity contribution in [1.82, 2.24) is 10.2 Å². The molecule has 20 heavy (non-hydrogen) atoms. The molecule has 0 radical (unpaired) electrons. The molecule has 2 heterocycles. The second-order valence-electron chi connectivity index (χ2n) is 4.74. The molecule has 1 aromatic carbocycles. The fourth-order valence-electron chi connectivity index (χ4n) is 2.30. The van der Waals surface area contributed by atoms with E-state index in [0.29, 0.717) is 24.5 Å². The van der Waals surface area contributed by atoms with E-state index in [9.17, 15) is 4.79 Å². The van der Waals surface area contributed by atoms with E-state index in [1.54, 1.807) is 6.07 Å². The van der Waals surface area contributed by atoms with Gasteiger partial charge in [-0.3, -0.25) is 4.79 Å². The standard InChI is InChI=1S/C14H18N2O4/c17-14(16-6-4-15-5-7-16)3-8-18-11-1-2-12-13(9-11)20-10-19-12/h1-2,9,15H,3-8,10H2. The number of carbonyl (C=O) groups is 1. The highest BCUT2D eigenvalue weighted by atomic mass is 16.7. The van der Waals surface area contributed by atoms with Crippen LogP contribution in [0.2, 0.25) is 0 Å². The van der Waals surface area contributed by atoms with Crippen LogP contribution in [0.5, 0.6) is 17.2 Å². The molecule has 1 amide bonds. The molecule has 2 aliphatic heterocycles. The highest BCUT2D eigenvalue weighted by Crippen LogP contribution is 2.35. The fourth-order valence-corrected chi connectivity index (χ4v) is 2.30. The van der Waals surface area contributed by atoms with Gasteiger partial charge in [-0.05, 0) is 12.1 Å². The number of nitrogens with one attached hydrogen (secondary N) is 1. The van der Waals surface area contributed by atoms with Crippen LogP contribution in [0.25, 0.3) is 0 Å². The lowest BCUT2D eigenvalue weighted by atomic mass is 10.3. The number of fused-ring (bicyclic) bond motifs is 1. The molecule has 0 bridgehead atoms. The van der Waals surface area contributed by atoms with Crippen molar-refractivity contribution in [3.63, 3.8) is 0 Å². The molecule has 3 rings (SSSR count). The van der Waals surface area contributed by atoms with Gasteiger partial charge in [-0.15, -0.1) is 0 Å². The van der Waals surface area contributed by atoms with E-state index < -0.39 is 0 Å². The molecule has 0 unspecified atom stereocenters. The van der Waals surface area contributed by atoms with Crippen molar-refractivity contribution in [2.45, 2.75) is 6.42 Å². The first-order chi connectivity index (χ1) is 9.83. The molecule has 1 N–H and O–H groups in total. The van der Waals surface area contributed by atoms with Gasteiger partial charge in [0.05, 0.1) is 13.0 Å². The van der Waals surface area contributed by atoms with Crippen molar-refractivity contribution < 1.29 is 19.0 Å². The summed E-state index contributed by atoms with van der Waals surface area (Å²) in [5.74, 6) is 2.26. The predicted molar refractivity (Wildman–Crippen MR) is 72.1 cm³/mol. The average molecular weight is 278 g/mol. The van der Waals surface area contributed by atoms with Crippen molar-refractivity contribution in [1.29, 1.82) is 0 Å². The summed E-state index contributed by atoms with van der Waals surface area (Å²) in [6.07, 6.45) is 0.397. The zero-order valence-corrected chi connectivity index (χ0v) is 11.3. The lowest BCUT2D eigenvalue weighted by Gasteiger charge is -2.27. The maximum absolute atomic E-state index is 11.9. The third-order valence-electron chi connectivity index (χ3n) is 3.40. The van der Waals surface area contributed by atoms with Crippen LogP contribution in [0.1, 0.15) is 6.42 Å². The van der Waals surface area contributed by atoms with Crippen molar-refractivity contribution in [3.05, 3.63) is 18.2 Å². The van der Waals surface area contributed by atoms with E-state index >= 15 is 0 Å². The lowest BCUT2D eigenvalue weighted by Crippen LogP contribution is -2.46. The zero-order chi connectivity index (χ0) is 13.8. The Balaban J connectivity index is 1.46. The molecule has 0 saturated carbocycles. The van der Waals surface area contributed by atoms with E-state index in [-0.39, 0.29) is 12.7 Å². The van der Waals surface area contributed by atoms with E-state index in [1.165, 1.54) is 0 Å². The third kappa shape index (κ3) is 2.96. The Kier molecular flexibility index (Phi) is 3.92. The number of piperazine rings is 1. The normalized spacial score (nSPS) is 17.1. The summed E-state index contributed by atoms with van der Waals surface area (Å²) >= 11 is 0. The van der Waals surface area contributed by atoms with Gasteiger partial charge in [0.15, 0.2) is 11.5 Å². The molecule has 1 saturated heterocycles. The summed E-state index contributed by atoms with van der Waals surface area (Å²) in [5, 5.41) is 3.22. The van der Waals surface area contributed by atoms with Gasteiger partial charge in [0.1, 0.15) is 5.75 Å². The van der Waals surface area contributed by atoms with Gasteiger partial charge >= 0.3 is 0 Å². The van der Waals surface area contributed by atoms with E-state index in [1.807, 2.05) is 17.0 Å². The second-order valence-corrected chi connectivity index (χ2v) is 4.74. The molecule has 1 fully saturated rings. The van der Waals surface area contributed by atoms with Gasteiger partial charge < -0.3 is 24.4 Å². The maximum atomic E-state index is 11.9. The SMILES string of the molecule is O=C(CCOc1ccc2c(c1)OCO2)N1CCNCC1. The molecule has 6 nitrogen and oxygen atoms in total. The molecule has 2 aliphatic rings. The number of rotatable bonds is 4. The number of hydrogen-bond acceptors (Lipinski definition) is 5. The number of benzene rings is 1. The van der Waals surface area contributed by atoms with Crippen LogP contribution in [-0.2, 0) is 4.79 Å². The molecule has 0 atom stereocenters. The van der Waals surface area contributed by atoms with Gasteiger partial charge in [-0.2, -0.15) is 0 Å². The largest absolute Gasteiger partial charge is 0.493 e. The Morgan fingerprint density at radius 1 is 1.25 bits per heavy atom. The number of amides is 1. The van der Waals surface area contributed by atoms with E-state index in [2.05, 4.69) is 5.32 Å². The monoisotopic (exact) mass is 278 g/mol. The summed E-state index contributed by atoms with van der Waals surface area (Å²) in [6.45, 7) is 3.93. The minimum atomic E-state index is 0.146. The van der Waals surface area contributed by atoms with Crippen LogP contribution in [0, 0.1) is 0 Å². The molecule has 0 aromatic heterocycles. The van der Waals surface area contributed by atoms with Crippen molar-refractivity contribution in [2.24, 2.45) is 0 Å². The van der Waals surface area contributed by atoms with Crippen molar-refractivity contribution in [2.75, 3.05) is 39.6 Å². The first kappa shape index (κ1) is 13.1. The Hall–Kier alpha value is -1.95. The van der Waals surface area contributed by atoms with Gasteiger partial charge in [0.25, 0.3) is 0 Å². The Morgan fingerprint density at radius 2 is 2.05 bits per heavy atom. The Bertz CT molecular complexity index is 486. The molecule has 1 aromatic rings. The number of carbonyl (C=O) groups excluding carboxylic acids is 1. The fraction of sp³-hybridized carbons (Fsp3) is 0.500. The van der Waals surface area contributed by atoms with E-state index in [4.69, 9.17) is 14.2 Å². The molecule has 6 heteroatoms. The first-order valence-corrected chi connectivity index (χ1v) is 6.84. The molecule has 0 spiro atoms. The maximum Gasteiger partial charge on any atom is 0.231 e. The summed E-state index contributed by atoms with van der Waals surface area (Å²) in [6, 6.07) is 5.43. The highest BCUT2D eigenvalue weighted by Gasteiger charge is 2.16. The first-order valence-electron chi connectivity index (χ1n) is 6.84. The van der Waals surface area contributed by atoms with Crippen LogP contribution >= 0.6 is 0 Å². The topological polar surface area (TPSA) is 60.0 Å². The summed E-state index contributed by atoms with van der Waals surface area (Å²) in [7, 11) is 0. The zero-order valence-electron chi connectivity index (χ0n) is 11.3. The smallest absolute Gasteiger partial charge is 0.231 e. The summed E-state index contributed by atoms with van der Waals surface area (Å²) in [5.41, 5.74) is 0. The predicted octanol–water partition coefficient (Wildman–Crippen LogP) is 0.616. The number of ether oxygens (including phenoxy) is 3. The quantitative estimate of drug-likeness (QED) is 0.874. The van der Waals surface area contributed by atoms with Crippen LogP contribution < -0.4 is 19.5 Å².